The number of nitrogens with one attached hydrogen (secondary N) is 2. The van der Waals surface area contributed by atoms with Gasteiger partial charge in [0, 0.05) is 19.2 Å². The van der Waals surface area contributed by atoms with Crippen molar-refractivity contribution in [3.63, 3.8) is 0 Å². The number of nitrogens with zero attached hydrogens (tertiary/aromatic N) is 2. The van der Waals surface area contributed by atoms with Gasteiger partial charge in [0.05, 0.1) is 25.4 Å². The predicted molar refractivity (Wildman–Crippen MR) is 99.0 cm³/mol. The summed E-state index contributed by atoms with van der Waals surface area (Å²) < 4.78 is 11.5. The van der Waals surface area contributed by atoms with E-state index in [1.807, 2.05) is 0 Å². The van der Waals surface area contributed by atoms with Gasteiger partial charge in [-0.2, -0.15) is 5.26 Å². The third kappa shape index (κ3) is 6.89. The fourth-order valence-electron chi connectivity index (χ4n) is 2.99. The van der Waals surface area contributed by atoms with Crippen LogP contribution in [0.25, 0.3) is 0 Å². The van der Waals surface area contributed by atoms with Gasteiger partial charge in [0.25, 0.3) is 0 Å². The number of hydrogen-bond acceptors (Lipinski definition) is 5. The molecule has 1 aromatic heterocycles. The van der Waals surface area contributed by atoms with E-state index in [1.165, 1.54) is 19.3 Å². The van der Waals surface area contributed by atoms with E-state index in [1.54, 1.807) is 18.3 Å². The number of ether oxygens (including phenoxy) is 2. The quantitative estimate of drug-likeness (QED) is 0.657. The monoisotopic (exact) mass is 360 g/mol. The highest BCUT2D eigenvalue weighted by atomic mass is 16.5. The molecular weight excluding hydrogens is 332 g/mol. The van der Waals surface area contributed by atoms with Crippen LogP contribution in [0.1, 0.15) is 45.4 Å². The molecule has 142 valence electrons. The maximum Gasteiger partial charge on any atom is 0.320 e. The second-order valence-electron chi connectivity index (χ2n) is 6.51. The molecule has 0 spiro atoms. The van der Waals surface area contributed by atoms with Crippen LogP contribution in [0.2, 0.25) is 0 Å². The van der Waals surface area contributed by atoms with Crippen LogP contribution in [0.4, 0.5) is 10.6 Å². The number of unbranched alkanes of at least 4 members (excludes halogenated alkanes) is 1. The Morgan fingerprint density at radius 1 is 1.38 bits per heavy atom. The van der Waals surface area contributed by atoms with Crippen LogP contribution in [0.5, 0.6) is 5.75 Å². The number of carbonyl (C=O) groups excluding carboxylic acids is 1. The first-order valence-corrected chi connectivity index (χ1v) is 9.32. The summed E-state index contributed by atoms with van der Waals surface area (Å²) in [4.78, 5) is 16.2. The number of amides is 2. The zero-order valence-electron chi connectivity index (χ0n) is 15.4. The molecule has 1 fully saturated rings. The molecule has 1 saturated carbocycles. The molecule has 7 heteroatoms. The topological polar surface area (TPSA) is 96.3 Å². The Kier molecular flexibility index (Phi) is 8.70. The Labute approximate surface area is 155 Å². The fraction of sp³-hybridized carbons (Fsp3) is 0.632. The molecule has 2 amide bonds. The minimum absolute atomic E-state index is 0.304. The fourth-order valence-corrected chi connectivity index (χ4v) is 2.99. The lowest BCUT2D eigenvalue weighted by Crippen LogP contribution is -2.34. The number of pyridine rings is 1. The van der Waals surface area contributed by atoms with Gasteiger partial charge in [0.15, 0.2) is 11.6 Å². The lowest BCUT2D eigenvalue weighted by Gasteiger charge is -2.28. The van der Waals surface area contributed by atoms with E-state index >= 15 is 0 Å². The molecule has 1 aromatic rings. The van der Waals surface area contributed by atoms with Crippen LogP contribution >= 0.6 is 0 Å². The SMILES string of the molecule is C[C@H]1CCCC[C@@H]1OCCNC(=O)Nc1ncccc1OCCCC#N. The third-order valence-corrected chi connectivity index (χ3v) is 4.45. The van der Waals surface area contributed by atoms with Crippen molar-refractivity contribution >= 4 is 11.8 Å². The number of aromatic nitrogens is 1. The maximum absolute atomic E-state index is 12.0. The highest BCUT2D eigenvalue weighted by molar-refractivity contribution is 5.89. The van der Waals surface area contributed by atoms with Crippen molar-refractivity contribution in [2.75, 3.05) is 25.1 Å². The van der Waals surface area contributed by atoms with Crippen molar-refractivity contribution in [1.82, 2.24) is 10.3 Å². The Hall–Kier alpha value is -2.33. The maximum atomic E-state index is 12.0. The van der Waals surface area contributed by atoms with Crippen molar-refractivity contribution in [3.8, 4) is 11.8 Å². The van der Waals surface area contributed by atoms with Gasteiger partial charge < -0.3 is 14.8 Å². The van der Waals surface area contributed by atoms with E-state index in [0.717, 1.165) is 6.42 Å². The van der Waals surface area contributed by atoms with Gasteiger partial charge >= 0.3 is 6.03 Å². The second-order valence-corrected chi connectivity index (χ2v) is 6.51. The molecule has 7 nitrogen and oxygen atoms in total. The first-order valence-electron chi connectivity index (χ1n) is 9.32. The van der Waals surface area contributed by atoms with Crippen molar-refractivity contribution in [2.24, 2.45) is 5.92 Å². The van der Waals surface area contributed by atoms with Crippen LogP contribution in [0, 0.1) is 17.2 Å². The minimum atomic E-state index is -0.342. The van der Waals surface area contributed by atoms with Gasteiger partial charge in [-0.3, -0.25) is 5.32 Å². The van der Waals surface area contributed by atoms with Crippen LogP contribution in [0.3, 0.4) is 0 Å². The standard InChI is InChI=1S/C19H28N4O3/c1-15-7-2-3-8-16(15)26-14-12-22-19(24)23-18-17(9-6-11-21-18)25-13-5-4-10-20/h6,9,11,15-16H,2-5,7-8,12-14H2,1H3,(H2,21,22,23,24)/t15-,16-/m0/s1. The Bertz CT molecular complexity index is 603. The van der Waals surface area contributed by atoms with E-state index in [-0.39, 0.29) is 6.03 Å². The minimum Gasteiger partial charge on any atom is -0.490 e. The van der Waals surface area contributed by atoms with E-state index in [4.69, 9.17) is 14.7 Å². The highest BCUT2D eigenvalue weighted by Gasteiger charge is 2.21. The van der Waals surface area contributed by atoms with Gasteiger partial charge in [0.1, 0.15) is 0 Å². The Morgan fingerprint density at radius 3 is 3.04 bits per heavy atom. The highest BCUT2D eigenvalue weighted by Crippen LogP contribution is 2.26. The number of rotatable bonds is 9. The van der Waals surface area contributed by atoms with E-state index in [9.17, 15) is 4.79 Å². The molecule has 26 heavy (non-hydrogen) atoms. The lowest BCUT2D eigenvalue weighted by atomic mass is 9.88. The zero-order chi connectivity index (χ0) is 18.6. The molecule has 0 unspecified atom stereocenters. The van der Waals surface area contributed by atoms with Crippen molar-refractivity contribution in [2.45, 2.75) is 51.6 Å². The first kappa shape index (κ1) is 20.0. The van der Waals surface area contributed by atoms with Crippen molar-refractivity contribution in [3.05, 3.63) is 18.3 Å². The molecule has 1 aliphatic carbocycles. The number of anilines is 1. The summed E-state index contributed by atoms with van der Waals surface area (Å²) in [6, 6.07) is 5.20. The predicted octanol–water partition coefficient (Wildman–Crippen LogP) is 3.48. The van der Waals surface area contributed by atoms with E-state index in [0.29, 0.717) is 56.2 Å². The number of nitriles is 1. The largest absolute Gasteiger partial charge is 0.490 e. The average Bonchev–Trinajstić information content (AvgIpc) is 2.65. The van der Waals surface area contributed by atoms with Crippen LogP contribution in [-0.2, 0) is 4.74 Å². The average molecular weight is 360 g/mol. The molecule has 2 atom stereocenters. The van der Waals surface area contributed by atoms with E-state index in [2.05, 4.69) is 28.6 Å². The first-order chi connectivity index (χ1) is 12.7. The molecule has 0 saturated heterocycles. The summed E-state index contributed by atoms with van der Waals surface area (Å²) in [6.07, 6.45) is 7.79. The Morgan fingerprint density at radius 2 is 2.23 bits per heavy atom. The van der Waals surface area contributed by atoms with Gasteiger partial charge in [-0.05, 0) is 37.3 Å². The molecule has 2 rings (SSSR count). The van der Waals surface area contributed by atoms with Crippen LogP contribution in [0.15, 0.2) is 18.3 Å². The third-order valence-electron chi connectivity index (χ3n) is 4.45. The Balaban J connectivity index is 1.69. The molecule has 1 heterocycles. The summed E-state index contributed by atoms with van der Waals surface area (Å²) in [5.41, 5.74) is 0. The van der Waals surface area contributed by atoms with Crippen LogP contribution < -0.4 is 15.4 Å². The summed E-state index contributed by atoms with van der Waals surface area (Å²) in [5, 5.41) is 14.0. The normalized spacial score (nSPS) is 19.4. The number of hydrogen-bond donors (Lipinski definition) is 2. The summed E-state index contributed by atoms with van der Waals surface area (Å²) in [6.45, 7) is 3.58. The van der Waals surface area contributed by atoms with Crippen LogP contribution in [-0.4, -0.2) is 36.9 Å². The van der Waals surface area contributed by atoms with E-state index < -0.39 is 0 Å². The molecule has 0 radical (unpaired) electrons. The number of urea groups is 1. The second kappa shape index (κ2) is 11.3. The molecule has 2 N–H and O–H groups in total. The summed E-state index contributed by atoms with van der Waals surface area (Å²) in [5.74, 6) is 1.45. The van der Waals surface area contributed by atoms with Gasteiger partial charge in [-0.15, -0.1) is 0 Å². The molecule has 0 aromatic carbocycles. The van der Waals surface area contributed by atoms with Gasteiger partial charge in [-0.25, -0.2) is 9.78 Å². The molecular formula is C19H28N4O3. The summed E-state index contributed by atoms with van der Waals surface area (Å²) >= 11 is 0. The number of carbonyl (C=O) groups is 1. The summed E-state index contributed by atoms with van der Waals surface area (Å²) in [7, 11) is 0. The lowest BCUT2D eigenvalue weighted by molar-refractivity contribution is -0.00232. The molecule has 0 bridgehead atoms. The zero-order valence-corrected chi connectivity index (χ0v) is 15.4. The van der Waals surface area contributed by atoms with Gasteiger partial charge in [0.2, 0.25) is 0 Å². The van der Waals surface area contributed by atoms with Gasteiger partial charge in [-0.1, -0.05) is 19.8 Å². The molecule has 1 aliphatic rings. The van der Waals surface area contributed by atoms with Crippen molar-refractivity contribution in [1.29, 1.82) is 5.26 Å². The van der Waals surface area contributed by atoms with Crippen molar-refractivity contribution < 1.29 is 14.3 Å². The molecule has 0 aliphatic heterocycles. The smallest absolute Gasteiger partial charge is 0.320 e.